The molecule has 1 aromatic carbocycles. The molecular weight excluding hydrogens is 384 g/mol. The first kappa shape index (κ1) is 20.1. The molecule has 3 aromatic rings. The molecule has 0 saturated carbocycles. The molecule has 0 fully saturated rings. The Bertz CT molecular complexity index is 1000. The zero-order valence-corrected chi connectivity index (χ0v) is 17.2. The van der Waals surface area contributed by atoms with Crippen LogP contribution >= 0.6 is 0 Å². The maximum atomic E-state index is 13.2. The van der Waals surface area contributed by atoms with Crippen LogP contribution in [0.4, 0.5) is 0 Å². The molecule has 1 N–H and O–H groups in total. The van der Waals surface area contributed by atoms with Gasteiger partial charge < -0.3 is 19.1 Å². The van der Waals surface area contributed by atoms with E-state index in [0.29, 0.717) is 12.3 Å². The monoisotopic (exact) mass is 408 g/mol. The summed E-state index contributed by atoms with van der Waals surface area (Å²) >= 11 is 0. The van der Waals surface area contributed by atoms with E-state index in [1.165, 1.54) is 0 Å². The lowest BCUT2D eigenvalue weighted by atomic mass is 9.97. The number of carbonyl (C=O) groups is 1. The van der Waals surface area contributed by atoms with Gasteiger partial charge in [0.15, 0.2) is 6.29 Å². The van der Waals surface area contributed by atoms with Gasteiger partial charge in [0.1, 0.15) is 11.4 Å². The van der Waals surface area contributed by atoms with Gasteiger partial charge in [-0.05, 0) is 42.8 Å². The average molecular weight is 408 g/mol. The molecule has 1 unspecified atom stereocenters. The predicted molar refractivity (Wildman–Crippen MR) is 110 cm³/mol. The summed E-state index contributed by atoms with van der Waals surface area (Å²) in [5.41, 5.74) is 3.81. The lowest BCUT2D eigenvalue weighted by Crippen LogP contribution is -2.38. The summed E-state index contributed by atoms with van der Waals surface area (Å²) in [6, 6.07) is 11.2. The number of methoxy groups -OCH3 is 2. The minimum absolute atomic E-state index is 0.150. The van der Waals surface area contributed by atoms with E-state index in [2.05, 4.69) is 15.2 Å². The molecule has 2 aromatic heterocycles. The first-order chi connectivity index (χ1) is 14.7. The third kappa shape index (κ3) is 3.55. The fourth-order valence-corrected chi connectivity index (χ4v) is 3.77. The number of ether oxygens (including phenoxy) is 3. The van der Waals surface area contributed by atoms with Gasteiger partial charge in [-0.3, -0.25) is 14.9 Å². The molecule has 4 rings (SSSR count). The molecule has 1 aliphatic heterocycles. The van der Waals surface area contributed by atoms with E-state index >= 15 is 0 Å². The number of aromatic amines is 1. The number of pyridine rings is 1. The lowest BCUT2D eigenvalue weighted by Gasteiger charge is -2.28. The van der Waals surface area contributed by atoms with E-state index in [4.69, 9.17) is 14.2 Å². The largest absolute Gasteiger partial charge is 0.494 e. The van der Waals surface area contributed by atoms with Crippen LogP contribution in [0.5, 0.6) is 5.75 Å². The van der Waals surface area contributed by atoms with Gasteiger partial charge in [-0.2, -0.15) is 5.10 Å². The summed E-state index contributed by atoms with van der Waals surface area (Å²) in [7, 11) is 3.11. The van der Waals surface area contributed by atoms with Crippen molar-refractivity contribution in [3.05, 3.63) is 65.6 Å². The Labute approximate surface area is 174 Å². The van der Waals surface area contributed by atoms with Crippen LogP contribution in [0.3, 0.4) is 0 Å². The molecule has 1 amide bonds. The highest BCUT2D eigenvalue weighted by molar-refractivity contribution is 6.00. The minimum atomic E-state index is -0.543. The van der Waals surface area contributed by atoms with Crippen LogP contribution < -0.4 is 4.74 Å². The second-order valence-electron chi connectivity index (χ2n) is 6.87. The Morgan fingerprint density at radius 3 is 2.57 bits per heavy atom. The molecule has 1 atom stereocenters. The van der Waals surface area contributed by atoms with Crippen molar-refractivity contribution < 1.29 is 19.0 Å². The summed E-state index contributed by atoms with van der Waals surface area (Å²) in [5.74, 6) is 0.639. The smallest absolute Gasteiger partial charge is 0.273 e. The van der Waals surface area contributed by atoms with Gasteiger partial charge in [-0.25, -0.2) is 0 Å². The first-order valence-electron chi connectivity index (χ1n) is 9.75. The summed E-state index contributed by atoms with van der Waals surface area (Å²) < 4.78 is 16.2. The zero-order chi connectivity index (χ0) is 21.1. The van der Waals surface area contributed by atoms with Gasteiger partial charge in [-0.1, -0.05) is 6.07 Å². The number of carbonyl (C=O) groups excluding carboxylic acids is 1. The molecule has 0 aliphatic carbocycles. The Morgan fingerprint density at radius 2 is 1.93 bits per heavy atom. The van der Waals surface area contributed by atoms with E-state index < -0.39 is 6.29 Å². The van der Waals surface area contributed by atoms with Crippen LogP contribution in [0.15, 0.2) is 48.8 Å². The van der Waals surface area contributed by atoms with Crippen molar-refractivity contribution in [3.8, 4) is 17.0 Å². The average Bonchev–Trinajstić information content (AvgIpc) is 3.32. The van der Waals surface area contributed by atoms with Gasteiger partial charge in [0.25, 0.3) is 5.91 Å². The molecule has 1 aliphatic rings. The topological polar surface area (TPSA) is 89.6 Å². The fourth-order valence-electron chi connectivity index (χ4n) is 3.77. The normalized spacial score (nSPS) is 15.7. The summed E-state index contributed by atoms with van der Waals surface area (Å²) in [5, 5.41) is 7.41. The summed E-state index contributed by atoms with van der Waals surface area (Å²) in [4.78, 5) is 19.2. The van der Waals surface area contributed by atoms with Crippen LogP contribution in [-0.4, -0.2) is 59.6 Å². The summed E-state index contributed by atoms with van der Waals surface area (Å²) in [6.07, 6.45) is 2.93. The number of aromatic nitrogens is 3. The van der Waals surface area contributed by atoms with Crippen molar-refractivity contribution >= 4 is 5.91 Å². The first-order valence-corrected chi connectivity index (χ1v) is 9.75. The number of fused-ring (bicyclic) bond motifs is 1. The quantitative estimate of drug-likeness (QED) is 0.576. The number of rotatable bonds is 8. The highest BCUT2D eigenvalue weighted by Gasteiger charge is 2.43. The van der Waals surface area contributed by atoms with Gasteiger partial charge in [0, 0.05) is 37.7 Å². The number of amides is 1. The van der Waals surface area contributed by atoms with E-state index in [1.807, 2.05) is 43.3 Å². The van der Waals surface area contributed by atoms with E-state index in [-0.39, 0.29) is 18.5 Å². The van der Waals surface area contributed by atoms with Gasteiger partial charge in [0.2, 0.25) is 0 Å². The number of nitrogens with one attached hydrogen (secondary N) is 1. The van der Waals surface area contributed by atoms with Crippen LogP contribution in [0.25, 0.3) is 11.3 Å². The number of hydrogen-bond donors (Lipinski definition) is 1. The number of nitrogens with zero attached hydrogens (tertiary/aromatic N) is 3. The molecule has 3 heterocycles. The van der Waals surface area contributed by atoms with Crippen molar-refractivity contribution in [3.63, 3.8) is 0 Å². The maximum absolute atomic E-state index is 13.2. The second-order valence-corrected chi connectivity index (χ2v) is 6.87. The fraction of sp³-hybridized carbons (Fsp3) is 0.318. The Kier molecular flexibility index (Phi) is 5.78. The molecule has 156 valence electrons. The third-order valence-electron chi connectivity index (χ3n) is 5.17. The molecule has 0 spiro atoms. The molecule has 8 heteroatoms. The van der Waals surface area contributed by atoms with Crippen molar-refractivity contribution in [2.24, 2.45) is 0 Å². The van der Waals surface area contributed by atoms with Gasteiger partial charge >= 0.3 is 0 Å². The van der Waals surface area contributed by atoms with E-state index in [9.17, 15) is 4.79 Å². The molecular formula is C22H24N4O4. The summed E-state index contributed by atoms with van der Waals surface area (Å²) in [6.45, 7) is 2.82. The number of hydrogen-bond acceptors (Lipinski definition) is 6. The number of H-pyrrole nitrogens is 1. The second kappa shape index (κ2) is 8.64. The zero-order valence-electron chi connectivity index (χ0n) is 17.2. The highest BCUT2D eigenvalue weighted by Crippen LogP contribution is 2.42. The van der Waals surface area contributed by atoms with Crippen molar-refractivity contribution in [2.75, 3.05) is 27.4 Å². The van der Waals surface area contributed by atoms with Gasteiger partial charge in [-0.15, -0.1) is 0 Å². The highest BCUT2D eigenvalue weighted by atomic mass is 16.7. The van der Waals surface area contributed by atoms with E-state index in [0.717, 1.165) is 28.1 Å². The van der Waals surface area contributed by atoms with Crippen LogP contribution in [0, 0.1) is 0 Å². The van der Waals surface area contributed by atoms with Crippen LogP contribution in [0.2, 0.25) is 0 Å². The molecule has 0 saturated heterocycles. The SMILES string of the molecule is CCOc1ccc(-c2n[nH]c3c2C(c2cccnc2)N(CC(OC)OC)C3=O)cc1. The maximum Gasteiger partial charge on any atom is 0.273 e. The number of benzene rings is 1. The van der Waals surface area contributed by atoms with Crippen molar-refractivity contribution in [2.45, 2.75) is 19.3 Å². The van der Waals surface area contributed by atoms with E-state index in [1.54, 1.807) is 31.5 Å². The standard InChI is InChI=1S/C22H24N4O4/c1-4-30-16-9-7-14(8-10-16)19-18-20(25-24-19)22(27)26(13-17(28-2)29-3)21(18)15-6-5-11-23-12-15/h5-12,17,21H,4,13H2,1-3H3,(H,24,25). The minimum Gasteiger partial charge on any atom is -0.494 e. The third-order valence-corrected chi connectivity index (χ3v) is 5.17. The Morgan fingerprint density at radius 1 is 1.17 bits per heavy atom. The lowest BCUT2D eigenvalue weighted by molar-refractivity contribution is -0.113. The van der Waals surface area contributed by atoms with Crippen LogP contribution in [-0.2, 0) is 9.47 Å². The van der Waals surface area contributed by atoms with Crippen LogP contribution in [0.1, 0.15) is 34.6 Å². The van der Waals surface area contributed by atoms with Crippen molar-refractivity contribution in [1.82, 2.24) is 20.1 Å². The van der Waals surface area contributed by atoms with Gasteiger partial charge in [0.05, 0.1) is 24.9 Å². The molecule has 0 bridgehead atoms. The van der Waals surface area contributed by atoms with Crippen molar-refractivity contribution in [1.29, 1.82) is 0 Å². The molecule has 0 radical (unpaired) electrons. The Balaban J connectivity index is 1.78. The molecule has 8 nitrogen and oxygen atoms in total. The predicted octanol–water partition coefficient (Wildman–Crippen LogP) is 3.03. The molecule has 30 heavy (non-hydrogen) atoms. The Hall–Kier alpha value is -3.23.